The highest BCUT2D eigenvalue weighted by atomic mass is 32.2. The Morgan fingerprint density at radius 3 is 2.32 bits per heavy atom. The van der Waals surface area contributed by atoms with Gasteiger partial charge in [-0.05, 0) is 68.7 Å². The van der Waals surface area contributed by atoms with Crippen LogP contribution in [0.5, 0.6) is 5.75 Å². The van der Waals surface area contributed by atoms with Gasteiger partial charge in [0.2, 0.25) is 10.0 Å². The monoisotopic (exact) mass is 482 g/mol. The molecule has 3 heterocycles. The SMILES string of the molecule is COc1cc(C)c(S(=O)(=O)N2CCN(c3cc(Nc4cc(C)ccn4)nc(C)n3)CC2)cc1C. The first kappa shape index (κ1) is 23.9. The Bertz CT molecular complexity index is 1300. The molecule has 1 aliphatic rings. The second-order valence-corrected chi connectivity index (χ2v) is 10.4. The first-order valence-electron chi connectivity index (χ1n) is 11.1. The summed E-state index contributed by atoms with van der Waals surface area (Å²) in [5.74, 6) is 3.44. The molecule has 4 rings (SSSR count). The molecule has 1 N–H and O–H groups in total. The molecule has 2 aromatic heterocycles. The number of nitrogens with zero attached hydrogens (tertiary/aromatic N) is 5. The molecule has 1 fully saturated rings. The molecule has 0 atom stereocenters. The average molecular weight is 483 g/mol. The van der Waals surface area contributed by atoms with Gasteiger partial charge in [-0.2, -0.15) is 4.31 Å². The van der Waals surface area contributed by atoms with Gasteiger partial charge in [0.1, 0.15) is 29.0 Å². The standard InChI is InChI=1S/C24H30N6O3S/c1-16-6-7-25-22(12-16)28-23-15-24(27-19(4)26-23)29-8-10-30(11-9-29)34(31,32)21-14-17(2)20(33-5)13-18(21)3/h6-7,12-15H,8-11H2,1-5H3,(H,25,26,27,28). The largest absolute Gasteiger partial charge is 0.496 e. The molecule has 1 aliphatic heterocycles. The van der Waals surface area contributed by atoms with Crippen LogP contribution >= 0.6 is 0 Å². The molecular weight excluding hydrogens is 452 g/mol. The van der Waals surface area contributed by atoms with Crippen molar-refractivity contribution in [2.24, 2.45) is 0 Å². The Kier molecular flexibility index (Phi) is 6.72. The molecular formula is C24H30N6O3S. The van der Waals surface area contributed by atoms with E-state index in [-0.39, 0.29) is 0 Å². The van der Waals surface area contributed by atoms with Gasteiger partial charge in [-0.3, -0.25) is 0 Å². The lowest BCUT2D eigenvalue weighted by Crippen LogP contribution is -2.49. The number of nitrogens with one attached hydrogen (secondary N) is 1. The van der Waals surface area contributed by atoms with E-state index in [9.17, 15) is 8.42 Å². The van der Waals surface area contributed by atoms with E-state index in [1.807, 2.05) is 39.0 Å². The molecule has 1 saturated heterocycles. The lowest BCUT2D eigenvalue weighted by molar-refractivity contribution is 0.383. The number of hydrogen-bond donors (Lipinski definition) is 1. The third kappa shape index (κ3) is 4.97. The third-order valence-corrected chi connectivity index (χ3v) is 7.91. The quantitative estimate of drug-likeness (QED) is 0.571. The summed E-state index contributed by atoms with van der Waals surface area (Å²) < 4.78 is 33.6. The summed E-state index contributed by atoms with van der Waals surface area (Å²) in [6, 6.07) is 9.23. The molecule has 10 heteroatoms. The molecule has 0 saturated carbocycles. The van der Waals surface area contributed by atoms with Gasteiger partial charge in [0.05, 0.1) is 12.0 Å². The van der Waals surface area contributed by atoms with Crippen molar-refractivity contribution in [3.8, 4) is 5.75 Å². The fourth-order valence-electron chi connectivity index (χ4n) is 4.07. The molecule has 1 aromatic carbocycles. The Labute approximate surface area is 200 Å². The third-order valence-electron chi connectivity index (χ3n) is 5.87. The van der Waals surface area contributed by atoms with Crippen LogP contribution in [0.2, 0.25) is 0 Å². The number of aryl methyl sites for hydroxylation is 4. The Morgan fingerprint density at radius 1 is 0.912 bits per heavy atom. The summed E-state index contributed by atoms with van der Waals surface area (Å²) in [5, 5.41) is 3.23. The van der Waals surface area contributed by atoms with Crippen LogP contribution in [0.3, 0.4) is 0 Å². The van der Waals surface area contributed by atoms with Crippen LogP contribution < -0.4 is 15.0 Å². The van der Waals surface area contributed by atoms with Crippen molar-refractivity contribution in [2.75, 3.05) is 43.5 Å². The smallest absolute Gasteiger partial charge is 0.243 e. The van der Waals surface area contributed by atoms with E-state index in [2.05, 4.69) is 25.2 Å². The van der Waals surface area contributed by atoms with Crippen LogP contribution in [0.25, 0.3) is 0 Å². The fraction of sp³-hybridized carbons (Fsp3) is 0.375. The molecule has 0 aliphatic carbocycles. The van der Waals surface area contributed by atoms with Gasteiger partial charge in [0.25, 0.3) is 0 Å². The van der Waals surface area contributed by atoms with Crippen LogP contribution in [-0.2, 0) is 10.0 Å². The maximum absolute atomic E-state index is 13.4. The zero-order chi connectivity index (χ0) is 24.5. The molecule has 180 valence electrons. The van der Waals surface area contributed by atoms with Crippen molar-refractivity contribution in [3.63, 3.8) is 0 Å². The minimum Gasteiger partial charge on any atom is -0.496 e. The number of aromatic nitrogens is 3. The lowest BCUT2D eigenvalue weighted by atomic mass is 10.1. The Morgan fingerprint density at radius 2 is 1.65 bits per heavy atom. The van der Waals surface area contributed by atoms with Crippen molar-refractivity contribution in [1.29, 1.82) is 0 Å². The number of hydrogen-bond acceptors (Lipinski definition) is 8. The number of rotatable bonds is 6. The highest BCUT2D eigenvalue weighted by Gasteiger charge is 2.30. The van der Waals surface area contributed by atoms with Crippen LogP contribution in [0.4, 0.5) is 17.5 Å². The van der Waals surface area contributed by atoms with Gasteiger partial charge >= 0.3 is 0 Å². The van der Waals surface area contributed by atoms with Crippen LogP contribution in [0, 0.1) is 27.7 Å². The van der Waals surface area contributed by atoms with E-state index in [1.165, 1.54) is 0 Å². The van der Waals surface area contributed by atoms with E-state index in [4.69, 9.17) is 4.74 Å². The van der Waals surface area contributed by atoms with Crippen LogP contribution in [0.15, 0.2) is 41.4 Å². The topological polar surface area (TPSA) is 101 Å². The normalized spacial score (nSPS) is 14.8. The molecule has 3 aromatic rings. The molecule has 0 spiro atoms. The molecule has 9 nitrogen and oxygen atoms in total. The van der Waals surface area contributed by atoms with Crippen LogP contribution in [0.1, 0.15) is 22.5 Å². The first-order valence-corrected chi connectivity index (χ1v) is 12.6. The molecule has 0 bridgehead atoms. The van der Waals surface area contributed by atoms with E-state index < -0.39 is 10.0 Å². The Balaban J connectivity index is 1.50. The van der Waals surface area contributed by atoms with E-state index in [0.29, 0.717) is 59.8 Å². The van der Waals surface area contributed by atoms with Crippen molar-refractivity contribution < 1.29 is 13.2 Å². The highest BCUT2D eigenvalue weighted by molar-refractivity contribution is 7.89. The van der Waals surface area contributed by atoms with Crippen molar-refractivity contribution in [1.82, 2.24) is 19.3 Å². The van der Waals surface area contributed by atoms with Gasteiger partial charge in [0.15, 0.2) is 0 Å². The number of anilines is 3. The zero-order valence-electron chi connectivity index (χ0n) is 20.2. The second-order valence-electron chi connectivity index (χ2n) is 8.48. The summed E-state index contributed by atoms with van der Waals surface area (Å²) in [5.41, 5.74) is 2.57. The highest BCUT2D eigenvalue weighted by Crippen LogP contribution is 2.29. The molecule has 0 radical (unpaired) electrons. The van der Waals surface area contributed by atoms with Crippen molar-refractivity contribution >= 4 is 27.5 Å². The number of methoxy groups -OCH3 is 1. The maximum Gasteiger partial charge on any atom is 0.243 e. The summed E-state index contributed by atoms with van der Waals surface area (Å²) in [6.07, 6.45) is 1.75. The molecule has 0 unspecified atom stereocenters. The summed E-state index contributed by atoms with van der Waals surface area (Å²) in [7, 11) is -2.02. The van der Waals surface area contributed by atoms with Gasteiger partial charge in [-0.15, -0.1) is 0 Å². The number of pyridine rings is 1. The lowest BCUT2D eigenvalue weighted by Gasteiger charge is -2.35. The zero-order valence-corrected chi connectivity index (χ0v) is 21.0. The van der Waals surface area contributed by atoms with Gasteiger partial charge < -0.3 is 15.0 Å². The van der Waals surface area contributed by atoms with Gasteiger partial charge in [-0.25, -0.2) is 23.4 Å². The summed E-state index contributed by atoms with van der Waals surface area (Å²) in [6.45, 7) is 9.31. The average Bonchev–Trinajstić information content (AvgIpc) is 2.80. The second kappa shape index (κ2) is 9.55. The van der Waals surface area contributed by atoms with Crippen LogP contribution in [-0.4, -0.2) is 61.0 Å². The predicted octanol–water partition coefficient (Wildman–Crippen LogP) is 3.37. The maximum atomic E-state index is 13.4. The van der Waals surface area contributed by atoms with Crippen molar-refractivity contribution in [3.05, 3.63) is 59.0 Å². The number of sulfonamides is 1. The Hall–Kier alpha value is -3.24. The van der Waals surface area contributed by atoms with Gasteiger partial charge in [-0.1, -0.05) is 0 Å². The minimum absolute atomic E-state index is 0.328. The molecule has 34 heavy (non-hydrogen) atoms. The molecule has 0 amide bonds. The summed E-state index contributed by atoms with van der Waals surface area (Å²) in [4.78, 5) is 15.8. The first-order chi connectivity index (χ1) is 16.2. The van der Waals surface area contributed by atoms with E-state index in [1.54, 1.807) is 36.7 Å². The fourth-order valence-corrected chi connectivity index (χ4v) is 5.79. The van der Waals surface area contributed by atoms with Gasteiger partial charge in [0, 0.05) is 38.4 Å². The number of benzene rings is 1. The van der Waals surface area contributed by atoms with Crippen molar-refractivity contribution in [2.45, 2.75) is 32.6 Å². The van der Waals surface area contributed by atoms with E-state index in [0.717, 1.165) is 16.9 Å². The predicted molar refractivity (Wildman–Crippen MR) is 132 cm³/mol. The van der Waals surface area contributed by atoms with E-state index >= 15 is 0 Å². The summed E-state index contributed by atoms with van der Waals surface area (Å²) >= 11 is 0. The number of ether oxygens (including phenoxy) is 1. The minimum atomic E-state index is -3.61. The number of piperazine rings is 1.